The van der Waals surface area contributed by atoms with Gasteiger partial charge in [-0.1, -0.05) is 6.07 Å². The van der Waals surface area contributed by atoms with Crippen molar-refractivity contribution in [2.24, 2.45) is 0 Å². The summed E-state index contributed by atoms with van der Waals surface area (Å²) < 4.78 is 16.5. The van der Waals surface area contributed by atoms with Crippen LogP contribution in [0.2, 0.25) is 0 Å². The summed E-state index contributed by atoms with van der Waals surface area (Å²) in [5, 5.41) is 0. The van der Waals surface area contributed by atoms with Gasteiger partial charge in [-0.2, -0.15) is 0 Å². The van der Waals surface area contributed by atoms with Crippen molar-refractivity contribution in [3.8, 4) is 17.2 Å². The highest BCUT2D eigenvalue weighted by atomic mass is 16.5. The second-order valence-electron chi connectivity index (χ2n) is 6.40. The van der Waals surface area contributed by atoms with E-state index in [-0.39, 0.29) is 5.91 Å². The van der Waals surface area contributed by atoms with Crippen molar-refractivity contribution < 1.29 is 19.0 Å². The Labute approximate surface area is 155 Å². The van der Waals surface area contributed by atoms with Crippen LogP contribution in [0.25, 0.3) is 0 Å². The summed E-state index contributed by atoms with van der Waals surface area (Å²) in [6.45, 7) is 6.87. The SMILES string of the molecule is COc1cc(C(=O)N(C)CCOc2cc(C)cc(C)c2)cc(OC)c1C. The summed E-state index contributed by atoms with van der Waals surface area (Å²) in [4.78, 5) is 14.3. The lowest BCUT2D eigenvalue weighted by atomic mass is 10.1. The molecule has 0 aliphatic carbocycles. The molecule has 0 spiro atoms. The number of ether oxygens (including phenoxy) is 3. The van der Waals surface area contributed by atoms with Crippen LogP contribution in [0.4, 0.5) is 0 Å². The molecule has 0 atom stereocenters. The maximum absolute atomic E-state index is 12.7. The van der Waals surface area contributed by atoms with E-state index in [1.165, 1.54) is 0 Å². The Morgan fingerprint density at radius 2 is 1.46 bits per heavy atom. The minimum absolute atomic E-state index is 0.106. The van der Waals surface area contributed by atoms with Gasteiger partial charge in [-0.3, -0.25) is 4.79 Å². The van der Waals surface area contributed by atoms with Gasteiger partial charge in [-0.15, -0.1) is 0 Å². The fourth-order valence-electron chi connectivity index (χ4n) is 2.85. The quantitative estimate of drug-likeness (QED) is 0.757. The molecule has 0 aliphatic rings. The van der Waals surface area contributed by atoms with Crippen LogP contribution in [0.15, 0.2) is 30.3 Å². The summed E-state index contributed by atoms with van der Waals surface area (Å²) >= 11 is 0. The molecule has 0 bridgehead atoms. The minimum Gasteiger partial charge on any atom is -0.496 e. The third kappa shape index (κ3) is 4.69. The van der Waals surface area contributed by atoms with Crippen LogP contribution >= 0.6 is 0 Å². The third-order valence-corrected chi connectivity index (χ3v) is 4.24. The van der Waals surface area contributed by atoms with Gasteiger partial charge in [0.2, 0.25) is 0 Å². The fraction of sp³-hybridized carbons (Fsp3) is 0.381. The van der Waals surface area contributed by atoms with Gasteiger partial charge in [0, 0.05) is 18.2 Å². The first kappa shape index (κ1) is 19.6. The molecule has 0 aromatic heterocycles. The molecular formula is C21H27NO4. The number of rotatable bonds is 7. The first-order chi connectivity index (χ1) is 12.3. The van der Waals surface area contributed by atoms with Crippen LogP contribution in [0.3, 0.4) is 0 Å². The molecule has 5 nitrogen and oxygen atoms in total. The van der Waals surface area contributed by atoms with Crippen LogP contribution in [0.1, 0.15) is 27.0 Å². The molecule has 0 unspecified atom stereocenters. The molecule has 0 saturated carbocycles. The van der Waals surface area contributed by atoms with Gasteiger partial charge in [-0.25, -0.2) is 0 Å². The predicted octanol–water partition coefficient (Wildman–Crippen LogP) is 3.78. The average molecular weight is 357 g/mol. The van der Waals surface area contributed by atoms with E-state index in [2.05, 4.69) is 6.07 Å². The second-order valence-corrected chi connectivity index (χ2v) is 6.40. The Hall–Kier alpha value is -2.69. The van der Waals surface area contributed by atoms with Gasteiger partial charge >= 0.3 is 0 Å². The molecule has 0 radical (unpaired) electrons. The minimum atomic E-state index is -0.106. The molecular weight excluding hydrogens is 330 g/mol. The lowest BCUT2D eigenvalue weighted by Crippen LogP contribution is -2.31. The van der Waals surface area contributed by atoms with E-state index < -0.39 is 0 Å². The smallest absolute Gasteiger partial charge is 0.253 e. The van der Waals surface area contributed by atoms with Crippen molar-refractivity contribution in [2.75, 3.05) is 34.4 Å². The van der Waals surface area contributed by atoms with E-state index in [0.29, 0.717) is 30.2 Å². The number of benzene rings is 2. The van der Waals surface area contributed by atoms with E-state index in [0.717, 1.165) is 22.4 Å². The van der Waals surface area contributed by atoms with Gasteiger partial charge in [0.25, 0.3) is 5.91 Å². The highest BCUT2D eigenvalue weighted by Gasteiger charge is 2.17. The van der Waals surface area contributed by atoms with E-state index in [1.807, 2.05) is 32.9 Å². The maximum atomic E-state index is 12.7. The molecule has 0 fully saturated rings. The molecule has 26 heavy (non-hydrogen) atoms. The van der Waals surface area contributed by atoms with Crippen LogP contribution < -0.4 is 14.2 Å². The van der Waals surface area contributed by atoms with Crippen LogP contribution in [0, 0.1) is 20.8 Å². The topological polar surface area (TPSA) is 48.0 Å². The Balaban J connectivity index is 2.03. The van der Waals surface area contributed by atoms with Crippen LogP contribution in [-0.4, -0.2) is 45.2 Å². The van der Waals surface area contributed by atoms with Crippen LogP contribution in [-0.2, 0) is 0 Å². The number of carbonyl (C=O) groups excluding carboxylic acids is 1. The number of hydrogen-bond donors (Lipinski definition) is 0. The van der Waals surface area contributed by atoms with E-state index in [1.54, 1.807) is 38.3 Å². The molecule has 0 aliphatic heterocycles. The lowest BCUT2D eigenvalue weighted by Gasteiger charge is -2.19. The van der Waals surface area contributed by atoms with E-state index in [4.69, 9.17) is 14.2 Å². The number of carbonyl (C=O) groups is 1. The molecule has 0 heterocycles. The highest BCUT2D eigenvalue weighted by molar-refractivity contribution is 5.95. The Bertz CT molecular complexity index is 740. The largest absolute Gasteiger partial charge is 0.496 e. The van der Waals surface area contributed by atoms with Gasteiger partial charge in [0.15, 0.2) is 0 Å². The normalized spacial score (nSPS) is 10.4. The van der Waals surface area contributed by atoms with Crippen molar-refractivity contribution >= 4 is 5.91 Å². The van der Waals surface area contributed by atoms with Gasteiger partial charge in [0.1, 0.15) is 23.9 Å². The summed E-state index contributed by atoms with van der Waals surface area (Å²) in [6, 6.07) is 9.55. The monoisotopic (exact) mass is 357 g/mol. The number of aryl methyl sites for hydroxylation is 2. The first-order valence-corrected chi connectivity index (χ1v) is 8.55. The first-order valence-electron chi connectivity index (χ1n) is 8.55. The molecule has 2 aromatic rings. The van der Waals surface area contributed by atoms with E-state index >= 15 is 0 Å². The van der Waals surface area contributed by atoms with Gasteiger partial charge in [-0.05, 0) is 56.2 Å². The lowest BCUT2D eigenvalue weighted by molar-refractivity contribution is 0.0773. The van der Waals surface area contributed by atoms with Crippen molar-refractivity contribution in [2.45, 2.75) is 20.8 Å². The fourth-order valence-corrected chi connectivity index (χ4v) is 2.85. The van der Waals surface area contributed by atoms with Gasteiger partial charge < -0.3 is 19.1 Å². The standard InChI is InChI=1S/C21H27NO4/c1-14-9-15(2)11-18(10-14)26-8-7-22(4)21(23)17-12-19(24-5)16(3)20(13-17)25-6/h9-13H,7-8H2,1-6H3. The van der Waals surface area contributed by atoms with Gasteiger partial charge in [0.05, 0.1) is 20.8 Å². The summed E-state index contributed by atoms with van der Waals surface area (Å²) in [5.41, 5.74) is 3.71. The van der Waals surface area contributed by atoms with Crippen LogP contribution in [0.5, 0.6) is 17.2 Å². The molecule has 1 amide bonds. The molecule has 0 N–H and O–H groups in total. The third-order valence-electron chi connectivity index (χ3n) is 4.24. The zero-order valence-corrected chi connectivity index (χ0v) is 16.4. The number of amides is 1. The van der Waals surface area contributed by atoms with E-state index in [9.17, 15) is 4.79 Å². The number of hydrogen-bond acceptors (Lipinski definition) is 4. The molecule has 2 aromatic carbocycles. The Morgan fingerprint density at radius 1 is 0.923 bits per heavy atom. The Kier molecular flexibility index (Phi) is 6.50. The van der Waals surface area contributed by atoms with Crippen molar-refractivity contribution in [1.82, 2.24) is 4.90 Å². The maximum Gasteiger partial charge on any atom is 0.253 e. The molecule has 0 saturated heterocycles. The highest BCUT2D eigenvalue weighted by Crippen LogP contribution is 2.29. The Morgan fingerprint density at radius 3 is 1.96 bits per heavy atom. The molecule has 140 valence electrons. The summed E-state index contributed by atoms with van der Waals surface area (Å²) in [6.07, 6.45) is 0. The second kappa shape index (κ2) is 8.61. The summed E-state index contributed by atoms with van der Waals surface area (Å²) in [7, 11) is 4.92. The number of likely N-dealkylation sites (N-methyl/N-ethyl adjacent to an activating group) is 1. The predicted molar refractivity (Wildman–Crippen MR) is 103 cm³/mol. The zero-order valence-electron chi connectivity index (χ0n) is 16.4. The summed E-state index contributed by atoms with van der Waals surface area (Å²) in [5.74, 6) is 1.98. The number of nitrogens with zero attached hydrogens (tertiary/aromatic N) is 1. The average Bonchev–Trinajstić information content (AvgIpc) is 2.60. The van der Waals surface area contributed by atoms with Crippen molar-refractivity contribution in [1.29, 1.82) is 0 Å². The van der Waals surface area contributed by atoms with Crippen molar-refractivity contribution in [3.05, 3.63) is 52.6 Å². The zero-order chi connectivity index (χ0) is 19.3. The number of methoxy groups -OCH3 is 2. The molecule has 5 heteroatoms. The molecule has 2 rings (SSSR count). The van der Waals surface area contributed by atoms with Crippen molar-refractivity contribution in [3.63, 3.8) is 0 Å².